The van der Waals surface area contributed by atoms with Gasteiger partial charge in [-0.05, 0) is 82.6 Å². The van der Waals surface area contributed by atoms with Gasteiger partial charge in [0.1, 0.15) is 28.9 Å². The fourth-order valence-electron chi connectivity index (χ4n) is 8.51. The average Bonchev–Trinajstić information content (AvgIpc) is 3.81. The van der Waals surface area contributed by atoms with Gasteiger partial charge in [-0.1, -0.05) is 48.5 Å². The number of amides is 2. The number of hydrogen-bond acceptors (Lipinski definition) is 13. The molecule has 0 saturated carbocycles. The summed E-state index contributed by atoms with van der Waals surface area (Å²) in [5.41, 5.74) is 4.87. The highest BCUT2D eigenvalue weighted by molar-refractivity contribution is 6.03. The number of methoxy groups -OCH3 is 1. The second-order valence-corrected chi connectivity index (χ2v) is 16.2. The zero-order valence-corrected chi connectivity index (χ0v) is 37.2. The molecule has 356 valence electrons. The van der Waals surface area contributed by atoms with Crippen molar-refractivity contribution < 1.29 is 52.3 Å². The van der Waals surface area contributed by atoms with E-state index in [2.05, 4.69) is 21.0 Å². The number of rotatable bonds is 13. The van der Waals surface area contributed by atoms with E-state index in [1.165, 1.54) is 33.4 Å². The van der Waals surface area contributed by atoms with Crippen molar-refractivity contribution in [1.82, 2.24) is 19.8 Å². The number of halogens is 2. The van der Waals surface area contributed by atoms with Gasteiger partial charge in [-0.3, -0.25) is 9.59 Å². The van der Waals surface area contributed by atoms with Gasteiger partial charge in [0, 0.05) is 62.8 Å². The van der Waals surface area contributed by atoms with E-state index >= 15 is 0 Å². The molecule has 0 atom stereocenters. The van der Waals surface area contributed by atoms with Crippen molar-refractivity contribution in [2.24, 2.45) is 10.4 Å². The smallest absolute Gasteiger partial charge is 0.251 e. The summed E-state index contributed by atoms with van der Waals surface area (Å²) >= 11 is 0. The Balaban J connectivity index is 0.000000174. The first-order valence-corrected chi connectivity index (χ1v) is 21.7. The Morgan fingerprint density at radius 1 is 0.629 bits per heavy atom. The first-order valence-electron chi connectivity index (χ1n) is 21.7. The summed E-state index contributed by atoms with van der Waals surface area (Å²) in [5, 5.41) is 33.9. The molecular formula is C51H42F2N6O11. The van der Waals surface area contributed by atoms with E-state index in [0.717, 1.165) is 11.1 Å². The lowest BCUT2D eigenvalue weighted by Gasteiger charge is -2.21. The number of aromatic nitrogens is 2. The van der Waals surface area contributed by atoms with Gasteiger partial charge in [-0.15, -0.1) is 9.81 Å². The molecule has 2 aliphatic rings. The van der Waals surface area contributed by atoms with Crippen LogP contribution in [0, 0.1) is 21.4 Å². The molecule has 2 amide bonds. The number of ether oxygens (including phenoxy) is 5. The molecule has 0 radical (unpaired) electrons. The van der Waals surface area contributed by atoms with Crippen LogP contribution in [0.25, 0.3) is 21.8 Å². The lowest BCUT2D eigenvalue weighted by molar-refractivity contribution is -0.0174. The first-order chi connectivity index (χ1) is 34.0. The summed E-state index contributed by atoms with van der Waals surface area (Å²) in [6.45, 7) is 0.987. The Morgan fingerprint density at radius 2 is 1.11 bits per heavy atom. The summed E-state index contributed by atoms with van der Waals surface area (Å²) in [4.78, 5) is 48.7. The number of nitrogens with one attached hydrogen (secondary N) is 2. The second kappa shape index (κ2) is 20.3. The Kier molecular flexibility index (Phi) is 13.4. The van der Waals surface area contributed by atoms with Crippen LogP contribution in [0.15, 0.2) is 126 Å². The lowest BCUT2D eigenvalue weighted by Crippen LogP contribution is -2.23. The van der Waals surface area contributed by atoms with Gasteiger partial charge in [0.15, 0.2) is 25.0 Å². The minimum Gasteiger partial charge on any atom is -0.496 e. The molecule has 10 rings (SSSR count). The molecule has 0 fully saturated rings. The number of benzene rings is 6. The van der Waals surface area contributed by atoms with Gasteiger partial charge < -0.3 is 53.7 Å². The molecule has 0 aliphatic carbocycles. The number of hydrogen-bond donors (Lipinski definition) is 4. The van der Waals surface area contributed by atoms with Crippen LogP contribution >= 0.6 is 0 Å². The third-order valence-corrected chi connectivity index (χ3v) is 11.8. The number of aromatic hydroxyl groups is 2. The monoisotopic (exact) mass is 952 g/mol. The van der Waals surface area contributed by atoms with E-state index in [1.807, 2.05) is 48.5 Å². The summed E-state index contributed by atoms with van der Waals surface area (Å²) < 4.78 is 58.2. The molecule has 0 spiro atoms. The summed E-state index contributed by atoms with van der Waals surface area (Å²) in [5.74, 6) is -0.844. The van der Waals surface area contributed by atoms with Crippen molar-refractivity contribution in [1.29, 1.82) is 0 Å². The van der Waals surface area contributed by atoms with Gasteiger partial charge in [0.25, 0.3) is 11.8 Å². The Bertz CT molecular complexity index is 3320. The van der Waals surface area contributed by atoms with Gasteiger partial charge in [-0.2, -0.15) is 0 Å². The first kappa shape index (κ1) is 46.4. The fourth-order valence-corrected chi connectivity index (χ4v) is 8.51. The number of para-hydroxylation sites is 1. The number of nitrogens with zero attached hydrogens (tertiary/aromatic N) is 4. The zero-order valence-electron chi connectivity index (χ0n) is 37.2. The average molecular weight is 953 g/mol. The Morgan fingerprint density at radius 3 is 1.61 bits per heavy atom. The van der Waals surface area contributed by atoms with Crippen LogP contribution < -0.4 is 24.8 Å². The maximum absolute atomic E-state index is 14.3. The highest BCUT2D eigenvalue weighted by atomic mass is 19.1. The van der Waals surface area contributed by atoms with E-state index in [0.29, 0.717) is 79.0 Å². The van der Waals surface area contributed by atoms with E-state index in [4.69, 9.17) is 23.7 Å². The Labute approximate surface area is 396 Å². The van der Waals surface area contributed by atoms with Crippen molar-refractivity contribution in [3.8, 4) is 29.0 Å². The maximum Gasteiger partial charge on any atom is 0.251 e. The molecular weight excluding hydrogens is 911 g/mol. The highest BCUT2D eigenvalue weighted by Gasteiger charge is 2.25. The molecule has 4 N–H and O–H groups in total. The van der Waals surface area contributed by atoms with Gasteiger partial charge in [-0.25, -0.2) is 8.78 Å². The fraction of sp³-hybridized carbons (Fsp3) is 0.176. The standard InChI is InChI=1S/C26H22FN3O6.C25H20FN3O5/c1-34-22-5-3-2-4-16(22)11-28-25(31)15-6-7-20-21(10-15)30(26(32)23(20)29-33)12-17-8-19(27)9-18-13-35-14-36-24(17)18;26-19-8-17(23-18(9-19)13-33-14-34-23)12-29-21-10-16(6-7-20(21)22(28-32)25(29)31)24(30)27-11-15-4-2-1-3-5-15/h2-10,32H,11-14H2,1H3,(H,28,31);1-10,31H,11-14H2,(H,27,30). The molecule has 0 unspecified atom stereocenters. The SMILES string of the molecule is COc1ccccc1CNC(=O)c1ccc2c(N=O)c(O)n(Cc3cc(F)cc4c3OCOC4)c2c1.O=Nc1c(O)n(Cc2cc(F)cc3c2OCOC3)c2cc(C(=O)NCc3ccccc3)ccc12. The van der Waals surface area contributed by atoms with Gasteiger partial charge >= 0.3 is 0 Å². The number of fused-ring (bicyclic) bond motifs is 4. The van der Waals surface area contributed by atoms with Crippen LogP contribution in [-0.2, 0) is 48.9 Å². The molecule has 0 saturated heterocycles. The van der Waals surface area contributed by atoms with Crippen molar-refractivity contribution in [2.75, 3.05) is 20.7 Å². The molecule has 19 heteroatoms. The van der Waals surface area contributed by atoms with E-state index in [-0.39, 0.29) is 75.5 Å². The third-order valence-electron chi connectivity index (χ3n) is 11.8. The Hall–Kier alpha value is -8.68. The highest BCUT2D eigenvalue weighted by Crippen LogP contribution is 2.42. The number of carbonyl (C=O) groups excluding carboxylic acids is 2. The number of carbonyl (C=O) groups is 2. The molecule has 70 heavy (non-hydrogen) atoms. The predicted molar refractivity (Wildman–Crippen MR) is 251 cm³/mol. The molecule has 8 aromatic rings. The summed E-state index contributed by atoms with van der Waals surface area (Å²) in [7, 11) is 1.56. The van der Waals surface area contributed by atoms with Crippen LogP contribution in [0.5, 0.6) is 29.0 Å². The second-order valence-electron chi connectivity index (χ2n) is 16.2. The minimum atomic E-state index is -0.487. The normalized spacial score (nSPS) is 12.7. The van der Waals surface area contributed by atoms with E-state index in [9.17, 15) is 38.4 Å². The largest absolute Gasteiger partial charge is 0.496 e. The lowest BCUT2D eigenvalue weighted by atomic mass is 10.1. The van der Waals surface area contributed by atoms with Crippen molar-refractivity contribution >= 4 is 45.0 Å². The molecule has 17 nitrogen and oxygen atoms in total. The van der Waals surface area contributed by atoms with Gasteiger partial charge in [0.2, 0.25) is 11.8 Å². The van der Waals surface area contributed by atoms with Crippen LogP contribution in [0.4, 0.5) is 20.2 Å². The van der Waals surface area contributed by atoms with Crippen LogP contribution in [0.1, 0.15) is 54.1 Å². The van der Waals surface area contributed by atoms with Crippen molar-refractivity contribution in [2.45, 2.75) is 39.4 Å². The molecule has 0 bridgehead atoms. The third kappa shape index (κ3) is 9.42. The van der Waals surface area contributed by atoms with Gasteiger partial charge in [0.05, 0.1) is 44.4 Å². The molecule has 6 aromatic carbocycles. The van der Waals surface area contributed by atoms with E-state index < -0.39 is 17.5 Å². The predicted octanol–water partition coefficient (Wildman–Crippen LogP) is 9.47. The molecule has 2 aliphatic heterocycles. The van der Waals surface area contributed by atoms with Crippen LogP contribution in [-0.4, -0.2) is 51.9 Å². The summed E-state index contributed by atoms with van der Waals surface area (Å²) in [6, 6.07) is 31.4. The molecule has 4 heterocycles. The number of nitroso groups, excluding NO2 is 2. The quantitative estimate of drug-likeness (QED) is 0.0799. The van der Waals surface area contributed by atoms with Crippen LogP contribution in [0.2, 0.25) is 0 Å². The van der Waals surface area contributed by atoms with Crippen molar-refractivity contribution in [3.05, 3.63) is 181 Å². The maximum atomic E-state index is 14.3. The molecule has 2 aromatic heterocycles. The minimum absolute atomic E-state index is 0.00691. The van der Waals surface area contributed by atoms with E-state index in [1.54, 1.807) is 49.6 Å². The van der Waals surface area contributed by atoms with Crippen molar-refractivity contribution in [3.63, 3.8) is 0 Å². The zero-order chi connectivity index (χ0) is 48.9. The van der Waals surface area contributed by atoms with Crippen LogP contribution in [0.3, 0.4) is 0 Å². The summed E-state index contributed by atoms with van der Waals surface area (Å²) in [6.07, 6.45) is 0. The topological polar surface area (TPSA) is 214 Å².